The van der Waals surface area contributed by atoms with E-state index in [-0.39, 0.29) is 17.0 Å². The van der Waals surface area contributed by atoms with E-state index >= 15 is 0 Å². The number of carboxylic acid groups (broad SMARTS) is 1. The first-order chi connectivity index (χ1) is 18.7. The molecule has 3 aromatic rings. The number of benzene rings is 2. The molecule has 4 rings (SSSR count). The average Bonchev–Trinajstić information content (AvgIpc) is 2.92. The van der Waals surface area contributed by atoms with Crippen LogP contribution in [0, 0.1) is 19.8 Å². The number of hydrogen-bond donors (Lipinski definition) is 3. The first-order valence-corrected chi connectivity index (χ1v) is 13.3. The van der Waals surface area contributed by atoms with Crippen molar-refractivity contribution in [3.63, 3.8) is 0 Å². The monoisotopic (exact) mass is 524 g/mol. The van der Waals surface area contributed by atoms with E-state index in [4.69, 9.17) is 4.42 Å². The summed E-state index contributed by atoms with van der Waals surface area (Å²) in [5.41, 5.74) is 5.54. The maximum atomic E-state index is 13.6. The highest BCUT2D eigenvalue weighted by Crippen LogP contribution is 2.32. The molecule has 0 aliphatic carbocycles. The van der Waals surface area contributed by atoms with Gasteiger partial charge in [-0.2, -0.15) is 0 Å². The Balaban J connectivity index is 1.73. The van der Waals surface area contributed by atoms with Crippen molar-refractivity contribution in [2.75, 3.05) is 11.9 Å². The zero-order valence-electron chi connectivity index (χ0n) is 23.0. The van der Waals surface area contributed by atoms with Gasteiger partial charge in [-0.05, 0) is 81.1 Å². The second-order valence-electron chi connectivity index (χ2n) is 10.2. The first kappa shape index (κ1) is 27.7. The Morgan fingerprint density at radius 3 is 2.74 bits per heavy atom. The number of hydrogen-bond acceptors (Lipinski definition) is 5. The summed E-state index contributed by atoms with van der Waals surface area (Å²) in [5, 5.41) is 16.8. The summed E-state index contributed by atoms with van der Waals surface area (Å²) in [6.07, 6.45) is 11.9. The first-order valence-electron chi connectivity index (χ1n) is 13.3. The Kier molecular flexibility index (Phi) is 8.55. The molecule has 2 unspecified atom stereocenters. The summed E-state index contributed by atoms with van der Waals surface area (Å²) in [6, 6.07) is 10.3. The Morgan fingerprint density at radius 1 is 1.23 bits per heavy atom. The minimum Gasteiger partial charge on any atom is -0.478 e. The van der Waals surface area contributed by atoms with Crippen LogP contribution in [0.15, 0.2) is 88.3 Å². The molecule has 0 saturated heterocycles. The van der Waals surface area contributed by atoms with E-state index in [0.717, 1.165) is 35.1 Å². The fourth-order valence-electron chi connectivity index (χ4n) is 4.96. The minimum absolute atomic E-state index is 0.0606. The highest BCUT2D eigenvalue weighted by atomic mass is 16.4. The molecule has 0 saturated carbocycles. The highest BCUT2D eigenvalue weighted by molar-refractivity contribution is 5.94. The molecule has 1 aromatic heterocycles. The molecule has 3 N–H and O–H groups in total. The van der Waals surface area contributed by atoms with Crippen LogP contribution in [-0.2, 0) is 0 Å². The number of fused-ring (bicyclic) bond motifs is 1. The van der Waals surface area contributed by atoms with Gasteiger partial charge < -0.3 is 20.2 Å². The van der Waals surface area contributed by atoms with Gasteiger partial charge in [0.25, 0.3) is 0 Å². The Bertz CT molecular complexity index is 1560. The molecule has 6 nitrogen and oxygen atoms in total. The van der Waals surface area contributed by atoms with E-state index < -0.39 is 5.97 Å². The van der Waals surface area contributed by atoms with Crippen molar-refractivity contribution in [3.8, 4) is 0 Å². The maximum absolute atomic E-state index is 13.6. The van der Waals surface area contributed by atoms with Crippen LogP contribution in [0.2, 0.25) is 0 Å². The van der Waals surface area contributed by atoms with Crippen LogP contribution in [0.1, 0.15) is 65.5 Å². The van der Waals surface area contributed by atoms with E-state index in [1.165, 1.54) is 0 Å². The SMILES string of the molecule is C=C/C=C\C(C)CCC1=CNCC(c2oc3c(C(C)Nc4ccccc4C(=O)O)cc(C)cc3c(=O)c2C)=C1. The number of nitrogens with one attached hydrogen (secondary N) is 2. The van der Waals surface area contributed by atoms with Gasteiger partial charge in [0, 0.05) is 28.9 Å². The van der Waals surface area contributed by atoms with Crippen molar-refractivity contribution in [1.82, 2.24) is 5.32 Å². The van der Waals surface area contributed by atoms with Gasteiger partial charge in [-0.15, -0.1) is 0 Å². The highest BCUT2D eigenvalue weighted by Gasteiger charge is 2.22. The molecule has 0 spiro atoms. The molecular weight excluding hydrogens is 488 g/mol. The fourth-order valence-corrected chi connectivity index (χ4v) is 4.96. The summed E-state index contributed by atoms with van der Waals surface area (Å²) in [5.74, 6) is -0.00180. The van der Waals surface area contributed by atoms with Gasteiger partial charge in [0.05, 0.1) is 17.0 Å². The molecule has 1 aliphatic heterocycles. The van der Waals surface area contributed by atoms with Gasteiger partial charge in [-0.1, -0.05) is 49.9 Å². The number of para-hydroxylation sites is 1. The smallest absolute Gasteiger partial charge is 0.337 e. The standard InChI is InChI=1S/C33H36N2O4/c1-6-7-10-20(2)13-14-24-17-25(19-34-18-24)31-22(4)30(36)28-16-21(3)15-27(32(28)39-31)23(5)35-29-12-9-8-11-26(29)33(37)38/h6-12,15-18,20,23,34-35H,1,13-14,19H2,2-5H3,(H,37,38)/b10-7-. The molecule has 0 fully saturated rings. The molecular formula is C33H36N2O4. The molecule has 0 radical (unpaired) electrons. The molecule has 2 aromatic carbocycles. The lowest BCUT2D eigenvalue weighted by Crippen LogP contribution is -2.18. The maximum Gasteiger partial charge on any atom is 0.337 e. The number of aryl methyl sites for hydroxylation is 1. The second kappa shape index (κ2) is 12.0. The van der Waals surface area contributed by atoms with Crippen LogP contribution in [0.25, 0.3) is 16.5 Å². The predicted molar refractivity (Wildman–Crippen MR) is 159 cm³/mol. The summed E-state index contributed by atoms with van der Waals surface area (Å²) >= 11 is 0. The number of carboxylic acids is 1. The van der Waals surface area contributed by atoms with Crippen LogP contribution >= 0.6 is 0 Å². The molecule has 1 aliphatic rings. The van der Waals surface area contributed by atoms with Crippen LogP contribution in [0.4, 0.5) is 5.69 Å². The van der Waals surface area contributed by atoms with E-state index in [1.54, 1.807) is 30.3 Å². The molecule has 0 bridgehead atoms. The van der Waals surface area contributed by atoms with Crippen molar-refractivity contribution in [1.29, 1.82) is 0 Å². The second-order valence-corrected chi connectivity index (χ2v) is 10.2. The van der Waals surface area contributed by atoms with Crippen LogP contribution in [-0.4, -0.2) is 17.6 Å². The molecule has 0 amide bonds. The molecule has 2 heterocycles. The van der Waals surface area contributed by atoms with Crippen molar-refractivity contribution >= 4 is 28.2 Å². The number of aromatic carboxylic acids is 1. The van der Waals surface area contributed by atoms with E-state index in [0.29, 0.717) is 40.4 Å². The van der Waals surface area contributed by atoms with Crippen LogP contribution in [0.5, 0.6) is 0 Å². The molecule has 202 valence electrons. The van der Waals surface area contributed by atoms with E-state index in [2.05, 4.69) is 36.3 Å². The normalized spacial score (nSPS) is 14.9. The average molecular weight is 525 g/mol. The number of allylic oxidation sites excluding steroid dienone is 5. The third-order valence-electron chi connectivity index (χ3n) is 7.08. The van der Waals surface area contributed by atoms with Crippen molar-refractivity contribution in [3.05, 3.63) is 117 Å². The summed E-state index contributed by atoms with van der Waals surface area (Å²) in [4.78, 5) is 25.3. The van der Waals surface area contributed by atoms with Crippen LogP contribution < -0.4 is 16.1 Å². The third-order valence-corrected chi connectivity index (χ3v) is 7.08. The number of rotatable bonds is 10. The lowest BCUT2D eigenvalue weighted by molar-refractivity contribution is 0.0698. The zero-order valence-corrected chi connectivity index (χ0v) is 23.0. The van der Waals surface area contributed by atoms with Crippen molar-refractivity contribution < 1.29 is 14.3 Å². The summed E-state index contributed by atoms with van der Waals surface area (Å²) in [7, 11) is 0. The Hall–Kier alpha value is -4.32. The largest absolute Gasteiger partial charge is 0.478 e. The van der Waals surface area contributed by atoms with Crippen molar-refractivity contribution in [2.45, 2.75) is 46.6 Å². The van der Waals surface area contributed by atoms with Gasteiger partial charge in [0.1, 0.15) is 11.3 Å². The van der Waals surface area contributed by atoms with Crippen molar-refractivity contribution in [2.24, 2.45) is 5.92 Å². The third kappa shape index (κ3) is 6.23. The lowest BCUT2D eigenvalue weighted by atomic mass is 9.95. The topological polar surface area (TPSA) is 91.6 Å². The predicted octanol–water partition coefficient (Wildman–Crippen LogP) is 7.31. The fraction of sp³-hybridized carbons (Fsp3) is 0.273. The van der Waals surface area contributed by atoms with Gasteiger partial charge >= 0.3 is 5.97 Å². The number of carbonyl (C=O) groups is 1. The quantitative estimate of drug-likeness (QED) is 0.241. The Labute approximate surface area is 229 Å². The Morgan fingerprint density at radius 2 is 2.00 bits per heavy atom. The summed E-state index contributed by atoms with van der Waals surface area (Å²) in [6.45, 7) is 12.2. The van der Waals surface area contributed by atoms with Gasteiger partial charge in [-0.25, -0.2) is 4.79 Å². The zero-order chi connectivity index (χ0) is 28.1. The molecule has 6 heteroatoms. The van der Waals surface area contributed by atoms with Gasteiger partial charge in [0.2, 0.25) is 0 Å². The van der Waals surface area contributed by atoms with Gasteiger partial charge in [0.15, 0.2) is 5.43 Å². The lowest BCUT2D eigenvalue weighted by Gasteiger charge is -2.21. The van der Waals surface area contributed by atoms with Crippen LogP contribution in [0.3, 0.4) is 0 Å². The number of anilines is 1. The van der Waals surface area contributed by atoms with E-state index in [1.807, 2.05) is 45.2 Å². The van der Waals surface area contributed by atoms with Gasteiger partial charge in [-0.3, -0.25) is 4.79 Å². The minimum atomic E-state index is -1.00. The summed E-state index contributed by atoms with van der Waals surface area (Å²) < 4.78 is 6.55. The number of dihydropyridines is 1. The molecule has 39 heavy (non-hydrogen) atoms. The van der Waals surface area contributed by atoms with E-state index in [9.17, 15) is 14.7 Å². The molecule has 2 atom stereocenters.